The Bertz CT molecular complexity index is 973. The van der Waals surface area contributed by atoms with Crippen LogP contribution in [-0.4, -0.2) is 31.5 Å². The van der Waals surface area contributed by atoms with Crippen molar-refractivity contribution in [3.05, 3.63) is 69.8 Å². The van der Waals surface area contributed by atoms with E-state index < -0.39 is 26.9 Å². The maximum atomic E-state index is 12.7. The molecule has 0 bridgehead atoms. The fourth-order valence-electron chi connectivity index (χ4n) is 2.82. The minimum absolute atomic E-state index is 0.0577. The van der Waals surface area contributed by atoms with Gasteiger partial charge in [0.15, 0.2) is 0 Å². The molecule has 1 amide bonds. The second-order valence-corrected chi connectivity index (χ2v) is 8.51. The van der Waals surface area contributed by atoms with E-state index in [0.29, 0.717) is 0 Å². The molecule has 28 heavy (non-hydrogen) atoms. The summed E-state index contributed by atoms with van der Waals surface area (Å²) in [6.07, 6.45) is 0.957. The highest BCUT2D eigenvalue weighted by Gasteiger charge is 2.30. The van der Waals surface area contributed by atoms with Crippen LogP contribution in [0.3, 0.4) is 0 Å². The van der Waals surface area contributed by atoms with Crippen LogP contribution in [0.4, 0.5) is 11.4 Å². The van der Waals surface area contributed by atoms with Crippen LogP contribution < -0.4 is 9.62 Å². The predicted octanol–water partition coefficient (Wildman–Crippen LogP) is 2.94. The van der Waals surface area contributed by atoms with Crippen molar-refractivity contribution in [3.8, 4) is 0 Å². The number of nitrogens with one attached hydrogen (secondary N) is 1. The van der Waals surface area contributed by atoms with Gasteiger partial charge in [0, 0.05) is 12.1 Å². The summed E-state index contributed by atoms with van der Waals surface area (Å²) in [5, 5.41) is 13.8. The number of nitrogens with zero attached hydrogens (tertiary/aromatic N) is 2. The van der Waals surface area contributed by atoms with Crippen LogP contribution in [0.2, 0.25) is 0 Å². The van der Waals surface area contributed by atoms with Crippen molar-refractivity contribution in [2.45, 2.75) is 32.9 Å². The number of hydrogen-bond donors (Lipinski definition) is 1. The number of sulfonamides is 1. The predicted molar refractivity (Wildman–Crippen MR) is 108 cm³/mol. The SMILES string of the molecule is Cc1ccc([C@@H](C)NC(=O)[C@H](C)N(c2cccc([N+](=O)[O-])c2)S(C)(=O)=O)cc1. The van der Waals surface area contributed by atoms with Gasteiger partial charge in [0.1, 0.15) is 6.04 Å². The Labute approximate surface area is 164 Å². The van der Waals surface area contributed by atoms with Crippen molar-refractivity contribution in [1.29, 1.82) is 0 Å². The van der Waals surface area contributed by atoms with E-state index in [1.807, 2.05) is 31.2 Å². The fourth-order valence-corrected chi connectivity index (χ4v) is 3.99. The molecule has 0 aliphatic carbocycles. The average molecular weight is 405 g/mol. The lowest BCUT2D eigenvalue weighted by Gasteiger charge is -2.29. The third kappa shape index (κ3) is 5.07. The van der Waals surface area contributed by atoms with Crippen molar-refractivity contribution >= 4 is 27.3 Å². The van der Waals surface area contributed by atoms with E-state index >= 15 is 0 Å². The van der Waals surface area contributed by atoms with Crippen LogP contribution in [0.25, 0.3) is 0 Å². The lowest BCUT2D eigenvalue weighted by molar-refractivity contribution is -0.384. The number of rotatable bonds is 7. The van der Waals surface area contributed by atoms with Crippen LogP contribution in [0.5, 0.6) is 0 Å². The maximum Gasteiger partial charge on any atom is 0.271 e. The minimum Gasteiger partial charge on any atom is -0.348 e. The van der Waals surface area contributed by atoms with E-state index in [-0.39, 0.29) is 17.4 Å². The van der Waals surface area contributed by atoms with Crippen LogP contribution >= 0.6 is 0 Å². The third-order valence-electron chi connectivity index (χ3n) is 4.32. The van der Waals surface area contributed by atoms with Gasteiger partial charge in [-0.25, -0.2) is 8.42 Å². The summed E-state index contributed by atoms with van der Waals surface area (Å²) in [5.41, 5.74) is 1.77. The van der Waals surface area contributed by atoms with E-state index in [4.69, 9.17) is 0 Å². The van der Waals surface area contributed by atoms with E-state index in [2.05, 4.69) is 5.32 Å². The first-order valence-electron chi connectivity index (χ1n) is 8.61. The largest absolute Gasteiger partial charge is 0.348 e. The van der Waals surface area contributed by atoms with Gasteiger partial charge in [0.25, 0.3) is 5.69 Å². The second-order valence-electron chi connectivity index (χ2n) is 6.65. The molecule has 0 heterocycles. The van der Waals surface area contributed by atoms with Gasteiger partial charge in [-0.1, -0.05) is 35.9 Å². The van der Waals surface area contributed by atoms with E-state index in [0.717, 1.165) is 27.8 Å². The summed E-state index contributed by atoms with van der Waals surface area (Å²) in [4.78, 5) is 23.1. The molecule has 0 spiro atoms. The first kappa shape index (κ1) is 21.4. The van der Waals surface area contributed by atoms with Gasteiger partial charge >= 0.3 is 0 Å². The van der Waals surface area contributed by atoms with E-state index in [1.165, 1.54) is 25.1 Å². The molecule has 0 saturated carbocycles. The molecule has 0 saturated heterocycles. The quantitative estimate of drug-likeness (QED) is 0.563. The number of carbonyl (C=O) groups is 1. The van der Waals surface area contributed by atoms with Gasteiger partial charge in [0.05, 0.1) is 22.9 Å². The lowest BCUT2D eigenvalue weighted by Crippen LogP contribution is -2.48. The molecule has 0 unspecified atom stereocenters. The number of hydrogen-bond acceptors (Lipinski definition) is 5. The molecule has 0 aliphatic rings. The highest BCUT2D eigenvalue weighted by atomic mass is 32.2. The van der Waals surface area contributed by atoms with Gasteiger partial charge < -0.3 is 5.32 Å². The Morgan fingerprint density at radius 2 is 1.75 bits per heavy atom. The van der Waals surface area contributed by atoms with Crippen LogP contribution in [0, 0.1) is 17.0 Å². The average Bonchev–Trinajstić information content (AvgIpc) is 2.61. The molecule has 0 aromatic heterocycles. The third-order valence-corrected chi connectivity index (χ3v) is 5.56. The number of nitro benzene ring substituents is 1. The Morgan fingerprint density at radius 3 is 2.29 bits per heavy atom. The highest BCUT2D eigenvalue weighted by molar-refractivity contribution is 7.92. The fraction of sp³-hybridized carbons (Fsp3) is 0.316. The summed E-state index contributed by atoms with van der Waals surface area (Å²) in [6.45, 7) is 5.20. The molecule has 9 heteroatoms. The molecule has 2 aromatic rings. The van der Waals surface area contributed by atoms with Crippen molar-refractivity contribution in [3.63, 3.8) is 0 Å². The number of benzene rings is 2. The monoisotopic (exact) mass is 405 g/mol. The van der Waals surface area contributed by atoms with Gasteiger partial charge in [-0.15, -0.1) is 0 Å². The Kier molecular flexibility index (Phi) is 6.40. The molecule has 8 nitrogen and oxygen atoms in total. The zero-order valence-electron chi connectivity index (χ0n) is 16.1. The summed E-state index contributed by atoms with van der Waals surface area (Å²) >= 11 is 0. The molecule has 0 radical (unpaired) electrons. The van der Waals surface area contributed by atoms with Crippen molar-refractivity contribution in [1.82, 2.24) is 5.32 Å². The van der Waals surface area contributed by atoms with Crippen molar-refractivity contribution in [2.24, 2.45) is 0 Å². The molecule has 2 aromatic carbocycles. The van der Waals surface area contributed by atoms with Gasteiger partial charge in [0.2, 0.25) is 15.9 Å². The zero-order chi connectivity index (χ0) is 21.1. The molecule has 0 aliphatic heterocycles. The highest BCUT2D eigenvalue weighted by Crippen LogP contribution is 2.25. The smallest absolute Gasteiger partial charge is 0.271 e. The van der Waals surface area contributed by atoms with Gasteiger partial charge in [-0.05, 0) is 32.4 Å². The first-order valence-corrected chi connectivity index (χ1v) is 10.5. The van der Waals surface area contributed by atoms with Crippen LogP contribution in [-0.2, 0) is 14.8 Å². The van der Waals surface area contributed by atoms with E-state index in [1.54, 1.807) is 6.92 Å². The van der Waals surface area contributed by atoms with Gasteiger partial charge in [-0.3, -0.25) is 19.2 Å². The first-order chi connectivity index (χ1) is 13.0. The standard InChI is InChI=1S/C19H23N3O5S/c1-13-8-10-16(11-9-13)14(2)20-19(23)15(3)21(28(4,26)27)17-6-5-7-18(12-17)22(24)25/h5-12,14-15H,1-4H3,(H,20,23)/t14-,15+/m1/s1. The zero-order valence-corrected chi connectivity index (χ0v) is 16.9. The lowest BCUT2D eigenvalue weighted by atomic mass is 10.1. The number of anilines is 1. The van der Waals surface area contributed by atoms with Crippen LogP contribution in [0.1, 0.15) is 31.0 Å². The molecule has 150 valence electrons. The molecule has 2 atom stereocenters. The number of amides is 1. The second kappa shape index (κ2) is 8.39. The minimum atomic E-state index is -3.86. The number of aryl methyl sites for hydroxylation is 1. The van der Waals surface area contributed by atoms with Crippen molar-refractivity contribution in [2.75, 3.05) is 10.6 Å². The molecular weight excluding hydrogens is 382 g/mol. The normalized spacial score (nSPS) is 13.4. The van der Waals surface area contributed by atoms with Gasteiger partial charge in [-0.2, -0.15) is 0 Å². The number of carbonyl (C=O) groups excluding carboxylic acids is 1. The number of non-ortho nitro benzene ring substituents is 1. The summed E-state index contributed by atoms with van der Waals surface area (Å²) in [6, 6.07) is 11.4. The van der Waals surface area contributed by atoms with Crippen LogP contribution in [0.15, 0.2) is 48.5 Å². The Balaban J connectivity index is 2.29. The topological polar surface area (TPSA) is 110 Å². The van der Waals surface area contributed by atoms with Crippen molar-refractivity contribution < 1.29 is 18.1 Å². The van der Waals surface area contributed by atoms with E-state index in [9.17, 15) is 23.3 Å². The maximum absolute atomic E-state index is 12.7. The Morgan fingerprint density at radius 1 is 1.14 bits per heavy atom. The Hall–Kier alpha value is -2.94. The summed E-state index contributed by atoms with van der Waals surface area (Å²) in [7, 11) is -3.86. The number of nitro groups is 1. The molecular formula is C19H23N3O5S. The molecule has 0 fully saturated rings. The molecule has 1 N–H and O–H groups in total. The summed E-state index contributed by atoms with van der Waals surface area (Å²) in [5.74, 6) is -0.509. The summed E-state index contributed by atoms with van der Waals surface area (Å²) < 4.78 is 25.5. The molecule has 2 rings (SSSR count).